The van der Waals surface area contributed by atoms with E-state index in [1.54, 1.807) is 17.0 Å². The monoisotopic (exact) mass is 1020 g/mol. The summed E-state index contributed by atoms with van der Waals surface area (Å²) in [4.78, 5) is 130. The van der Waals surface area contributed by atoms with Crippen LogP contribution in [0.25, 0.3) is 11.2 Å². The molecule has 2 aromatic heterocycles. The Hall–Kier alpha value is -7.34. The molecule has 3 aliphatic heterocycles. The number of piperazine rings is 1. The molecule has 0 radical (unpaired) electrons. The smallest absolute Gasteiger partial charge is 0.404 e. The number of benzene rings is 1. The number of rotatable bonds is 24. The first kappa shape index (κ1) is 51.5. The van der Waals surface area contributed by atoms with Crippen LogP contribution >= 0.6 is 21.6 Å². The van der Waals surface area contributed by atoms with Gasteiger partial charge in [-0.3, -0.25) is 33.8 Å². The van der Waals surface area contributed by atoms with Crippen LogP contribution in [-0.2, 0) is 44.8 Å². The Morgan fingerprint density at radius 2 is 1.73 bits per heavy atom. The standard InChI is InChI=1S/C42H50N14O13S2/c1-17-28(32(59)27-21(15-69-41(45)67)42(68-2)33-24(51-33)14-56(42)30(27)31(17)58)46-9-10-70-71-16-25(39(65)66)53-36(61)22(43)13-48-26(57)8-7-23(38(63)64)52-35(60)18-3-5-19(6-4-18)47-11-20-12-49-34-29(50-20)37(62)55-40(44)54-34/h3-6,12,21-25,33,46-47,51H,7-11,13-16,43H2,1-2H3,(H2,45,67)(H,48,57)(H,52,60)(H,53,61)(H,63,64)(H,65,66)(H3,44,49,54,55,62)/t21-,22-,23-,24?,25+,33?,42-/m1/s1. The highest BCUT2D eigenvalue weighted by Crippen LogP contribution is 2.55. The summed E-state index contributed by atoms with van der Waals surface area (Å²) in [5.41, 5.74) is 16.9. The molecule has 5 heterocycles. The van der Waals surface area contributed by atoms with Crippen LogP contribution in [0.3, 0.4) is 0 Å². The maximum atomic E-state index is 14.0. The zero-order valence-corrected chi connectivity index (χ0v) is 39.6. The number of aliphatic carboxylic acids is 2. The van der Waals surface area contributed by atoms with Gasteiger partial charge in [0.05, 0.1) is 41.8 Å². The lowest BCUT2D eigenvalue weighted by Gasteiger charge is -2.39. The summed E-state index contributed by atoms with van der Waals surface area (Å²) < 4.78 is 11.1. The Bertz CT molecular complexity index is 2790. The van der Waals surface area contributed by atoms with Gasteiger partial charge in [-0.05, 0) is 37.6 Å². The second kappa shape index (κ2) is 21.7. The minimum absolute atomic E-state index is 0.0107. The van der Waals surface area contributed by atoms with Gasteiger partial charge in [-0.25, -0.2) is 24.4 Å². The summed E-state index contributed by atoms with van der Waals surface area (Å²) in [5.74, 6) is -6.51. The highest BCUT2D eigenvalue weighted by Gasteiger charge is 2.72. The van der Waals surface area contributed by atoms with E-state index in [4.69, 9.17) is 26.7 Å². The molecule has 1 aliphatic carbocycles. The van der Waals surface area contributed by atoms with Crippen LogP contribution in [0.5, 0.6) is 0 Å². The Labute approximate surface area is 410 Å². The number of hydrogen-bond acceptors (Lipinski definition) is 22. The number of aromatic nitrogens is 4. The van der Waals surface area contributed by atoms with Gasteiger partial charge in [0.1, 0.15) is 24.7 Å². The molecule has 71 heavy (non-hydrogen) atoms. The van der Waals surface area contributed by atoms with E-state index in [0.717, 1.165) is 10.8 Å². The Morgan fingerprint density at radius 3 is 2.42 bits per heavy atom. The van der Waals surface area contributed by atoms with Crippen molar-refractivity contribution in [2.45, 2.75) is 62.2 Å². The molecular formula is C42H50N14O13S2. The lowest BCUT2D eigenvalue weighted by atomic mass is 9.82. The number of amides is 4. The van der Waals surface area contributed by atoms with E-state index in [-0.39, 0.29) is 101 Å². The van der Waals surface area contributed by atoms with Crippen molar-refractivity contribution in [3.63, 3.8) is 0 Å². The number of nitrogens with one attached hydrogen (secondary N) is 7. The first-order valence-electron chi connectivity index (χ1n) is 21.8. The van der Waals surface area contributed by atoms with Gasteiger partial charge < -0.3 is 73.7 Å². The number of carboxylic acids is 2. The van der Waals surface area contributed by atoms with Crippen LogP contribution in [-0.4, -0.2) is 163 Å². The number of ketones is 2. The molecule has 378 valence electrons. The lowest BCUT2D eigenvalue weighted by molar-refractivity contribution is -0.141. The zero-order valence-electron chi connectivity index (χ0n) is 37.9. The normalized spacial score (nSPS) is 21.1. The average Bonchev–Trinajstić information content (AvgIpc) is 3.95. The number of anilines is 2. The van der Waals surface area contributed by atoms with Crippen molar-refractivity contribution in [2.24, 2.45) is 17.4 Å². The molecule has 4 aliphatic rings. The van der Waals surface area contributed by atoms with Crippen LogP contribution in [0, 0.1) is 5.92 Å². The third-order valence-electron chi connectivity index (χ3n) is 12.1. The van der Waals surface area contributed by atoms with E-state index in [2.05, 4.69) is 51.8 Å². The van der Waals surface area contributed by atoms with Crippen molar-refractivity contribution < 1.29 is 58.0 Å². The second-order valence-electron chi connectivity index (χ2n) is 16.6. The fourth-order valence-electron chi connectivity index (χ4n) is 8.52. The average molecular weight is 1020 g/mol. The largest absolute Gasteiger partial charge is 0.480 e. The van der Waals surface area contributed by atoms with Crippen LogP contribution in [0.15, 0.2) is 57.8 Å². The molecule has 1 aromatic carbocycles. The van der Waals surface area contributed by atoms with Crippen molar-refractivity contribution in [1.29, 1.82) is 0 Å². The third-order valence-corrected chi connectivity index (χ3v) is 14.5. The van der Waals surface area contributed by atoms with Gasteiger partial charge in [-0.2, -0.15) is 4.98 Å². The van der Waals surface area contributed by atoms with Crippen LogP contribution in [0.1, 0.15) is 35.8 Å². The van der Waals surface area contributed by atoms with Gasteiger partial charge in [-0.1, -0.05) is 21.6 Å². The first-order valence-corrected chi connectivity index (χ1v) is 24.3. The SMILES string of the molecule is CO[C@]12C3NC3CN1C1=C(C(=O)C(NCCSSC[C@H](NC(=O)[C@H](N)CNC(=O)CC[C@@H](NC(=O)c3ccc(NCc4cnc5nc(N)[nH]c(=O)c5n4)cc3)C(=O)O)C(=O)O)=C(C)C1=O)[C@H]2COC(N)=O. The predicted molar refractivity (Wildman–Crippen MR) is 254 cm³/mol. The van der Waals surface area contributed by atoms with Crippen molar-refractivity contribution in [1.82, 2.24) is 51.4 Å². The number of allylic oxidation sites excluding steroid dienone is 2. The van der Waals surface area contributed by atoms with E-state index in [1.165, 1.54) is 43.2 Å². The van der Waals surface area contributed by atoms with Gasteiger partial charge >= 0.3 is 18.0 Å². The molecule has 2 saturated heterocycles. The number of carbonyl (C=O) groups is 8. The van der Waals surface area contributed by atoms with Gasteiger partial charge in [0, 0.05) is 73.1 Å². The van der Waals surface area contributed by atoms with Crippen molar-refractivity contribution >= 4 is 91.7 Å². The topological polar surface area (TPSA) is 430 Å². The number of hydrogen-bond donors (Lipinski definition) is 12. The van der Waals surface area contributed by atoms with Gasteiger partial charge in [0.15, 0.2) is 16.9 Å². The van der Waals surface area contributed by atoms with E-state index in [9.17, 15) is 53.4 Å². The van der Waals surface area contributed by atoms with Crippen molar-refractivity contribution in [3.8, 4) is 0 Å². The molecule has 4 amide bonds. The van der Waals surface area contributed by atoms with Crippen LogP contribution in [0.4, 0.5) is 16.4 Å². The van der Waals surface area contributed by atoms with Gasteiger partial charge in [0.25, 0.3) is 11.5 Å². The molecule has 2 unspecified atom stereocenters. The summed E-state index contributed by atoms with van der Waals surface area (Å²) in [6, 6.07) is 1.65. The van der Waals surface area contributed by atoms with E-state index >= 15 is 0 Å². The molecule has 27 nitrogen and oxygen atoms in total. The quantitative estimate of drug-likeness (QED) is 0.0187. The number of methoxy groups -OCH3 is 1. The number of primary amides is 1. The number of aromatic amines is 1. The minimum atomic E-state index is -1.46. The van der Waals surface area contributed by atoms with Crippen molar-refractivity contribution in [3.05, 3.63) is 74.6 Å². The number of nitrogens with two attached hydrogens (primary N) is 3. The number of fused-ring (bicyclic) bond motifs is 5. The van der Waals surface area contributed by atoms with Gasteiger partial charge in [0.2, 0.25) is 29.3 Å². The molecule has 15 N–H and O–H groups in total. The van der Waals surface area contributed by atoms with E-state index < -0.39 is 83.4 Å². The number of nitrogens with zero attached hydrogens (tertiary/aromatic N) is 4. The number of carboxylic acid groups (broad SMARTS) is 2. The minimum Gasteiger partial charge on any atom is -0.480 e. The summed E-state index contributed by atoms with van der Waals surface area (Å²) in [6.45, 7) is 1.61. The highest BCUT2D eigenvalue weighted by atomic mass is 33.1. The molecule has 0 saturated carbocycles. The summed E-state index contributed by atoms with van der Waals surface area (Å²) in [7, 11) is 3.82. The Morgan fingerprint density at radius 1 is 1.00 bits per heavy atom. The maximum Gasteiger partial charge on any atom is 0.404 e. The molecule has 29 heteroatoms. The molecular weight excluding hydrogens is 973 g/mol. The molecule has 0 bridgehead atoms. The van der Waals surface area contributed by atoms with Crippen molar-refractivity contribution in [2.75, 3.05) is 55.9 Å². The van der Waals surface area contributed by atoms with Gasteiger partial charge in [-0.15, -0.1) is 0 Å². The maximum absolute atomic E-state index is 14.0. The summed E-state index contributed by atoms with van der Waals surface area (Å²) in [6.07, 6.45) is -0.308. The molecule has 0 spiro atoms. The zero-order chi connectivity index (χ0) is 51.3. The fraction of sp³-hybridized carbons (Fsp3) is 0.429. The third kappa shape index (κ3) is 11.2. The van der Waals surface area contributed by atoms with Crippen LogP contribution < -0.4 is 54.7 Å². The lowest BCUT2D eigenvalue weighted by Crippen LogP contribution is -2.55. The summed E-state index contributed by atoms with van der Waals surface area (Å²) >= 11 is 0. The highest BCUT2D eigenvalue weighted by molar-refractivity contribution is 8.76. The first-order chi connectivity index (χ1) is 33.8. The summed E-state index contributed by atoms with van der Waals surface area (Å²) in [5, 5.41) is 36.0. The predicted octanol–water partition coefficient (Wildman–Crippen LogP) is -2.74. The number of ether oxygens (including phenoxy) is 2. The fourth-order valence-corrected chi connectivity index (χ4v) is 10.6. The Kier molecular flexibility index (Phi) is 15.8. The van der Waals surface area contributed by atoms with Crippen LogP contribution in [0.2, 0.25) is 0 Å². The molecule has 7 rings (SSSR count). The Balaban J connectivity index is 0.803. The molecule has 7 atom stereocenters. The second-order valence-corrected chi connectivity index (χ2v) is 19.2. The number of Topliss-reactive ketones (excluding diaryl/α,β-unsaturated/α-hetero) is 2. The van der Waals surface area contributed by atoms with E-state index in [0.29, 0.717) is 23.7 Å². The number of H-pyrrole nitrogens is 1. The molecule has 3 aromatic rings. The van der Waals surface area contributed by atoms with E-state index in [1.807, 2.05) is 0 Å². The molecule has 2 fully saturated rings. The number of carbonyl (C=O) groups excluding carboxylic acids is 6. The number of nitrogen functional groups attached to an aromatic ring is 1.